The SMILES string of the molecule is O=C(O)C1(CNS(=O)(=O)CCc2ccncc2)CCC1. The zero-order chi connectivity index (χ0) is 14.6. The second-order valence-electron chi connectivity index (χ2n) is 5.18. The summed E-state index contributed by atoms with van der Waals surface area (Å²) in [5.41, 5.74) is -0.00836. The van der Waals surface area contributed by atoms with E-state index in [1.807, 2.05) is 0 Å². The summed E-state index contributed by atoms with van der Waals surface area (Å²) < 4.78 is 26.2. The molecule has 1 aliphatic rings. The summed E-state index contributed by atoms with van der Waals surface area (Å²) in [5.74, 6) is -0.965. The molecule has 1 fully saturated rings. The van der Waals surface area contributed by atoms with Gasteiger partial charge in [-0.1, -0.05) is 6.42 Å². The number of sulfonamides is 1. The summed E-state index contributed by atoms with van der Waals surface area (Å²) in [5, 5.41) is 9.15. The molecule has 0 amide bonds. The Balaban J connectivity index is 1.87. The maximum atomic E-state index is 11.9. The monoisotopic (exact) mass is 298 g/mol. The number of nitrogens with zero attached hydrogens (tertiary/aromatic N) is 1. The number of rotatable bonds is 7. The summed E-state index contributed by atoms with van der Waals surface area (Å²) in [7, 11) is -3.46. The van der Waals surface area contributed by atoms with E-state index in [1.165, 1.54) is 0 Å². The third kappa shape index (κ3) is 3.55. The minimum atomic E-state index is -3.46. The minimum Gasteiger partial charge on any atom is -0.481 e. The van der Waals surface area contributed by atoms with E-state index in [9.17, 15) is 13.2 Å². The molecule has 0 aliphatic heterocycles. The number of aliphatic carboxylic acids is 1. The lowest BCUT2D eigenvalue weighted by Crippen LogP contribution is -2.48. The van der Waals surface area contributed by atoms with Gasteiger partial charge in [0.1, 0.15) is 0 Å². The Morgan fingerprint density at radius 1 is 1.35 bits per heavy atom. The molecule has 0 saturated heterocycles. The van der Waals surface area contributed by atoms with Crippen molar-refractivity contribution in [3.8, 4) is 0 Å². The van der Waals surface area contributed by atoms with Crippen LogP contribution in [0.1, 0.15) is 24.8 Å². The quantitative estimate of drug-likeness (QED) is 0.776. The van der Waals surface area contributed by atoms with Gasteiger partial charge in [-0.15, -0.1) is 0 Å². The van der Waals surface area contributed by atoms with Crippen LogP contribution >= 0.6 is 0 Å². The Labute approximate surface area is 118 Å². The van der Waals surface area contributed by atoms with Gasteiger partial charge < -0.3 is 5.11 Å². The van der Waals surface area contributed by atoms with Gasteiger partial charge in [-0.2, -0.15) is 0 Å². The van der Waals surface area contributed by atoms with Crippen LogP contribution in [0.15, 0.2) is 24.5 Å². The van der Waals surface area contributed by atoms with Crippen LogP contribution < -0.4 is 4.72 Å². The summed E-state index contributed by atoms with van der Waals surface area (Å²) in [6, 6.07) is 3.53. The molecule has 1 heterocycles. The van der Waals surface area contributed by atoms with Gasteiger partial charge in [-0.25, -0.2) is 13.1 Å². The number of carboxylic acid groups (broad SMARTS) is 1. The normalized spacial score (nSPS) is 17.4. The topological polar surface area (TPSA) is 96.4 Å². The van der Waals surface area contributed by atoms with Gasteiger partial charge in [0, 0.05) is 18.9 Å². The molecule has 1 aliphatic carbocycles. The molecule has 0 aromatic carbocycles. The Morgan fingerprint density at radius 2 is 2.00 bits per heavy atom. The van der Waals surface area contributed by atoms with Gasteiger partial charge in [0.2, 0.25) is 10.0 Å². The highest BCUT2D eigenvalue weighted by Gasteiger charge is 2.44. The third-order valence-electron chi connectivity index (χ3n) is 3.80. The Morgan fingerprint density at radius 3 is 2.50 bits per heavy atom. The highest BCUT2D eigenvalue weighted by atomic mass is 32.2. The van der Waals surface area contributed by atoms with Crippen LogP contribution in [0.25, 0.3) is 0 Å². The molecular formula is C13H18N2O4S. The molecule has 2 rings (SSSR count). The summed E-state index contributed by atoms with van der Waals surface area (Å²) in [6.07, 6.45) is 5.53. The lowest BCUT2D eigenvalue weighted by Gasteiger charge is -2.37. The molecule has 1 aromatic rings. The van der Waals surface area contributed by atoms with Crippen molar-refractivity contribution in [1.29, 1.82) is 0 Å². The van der Waals surface area contributed by atoms with Gasteiger partial charge in [0.25, 0.3) is 0 Å². The van der Waals surface area contributed by atoms with E-state index in [4.69, 9.17) is 5.11 Å². The van der Waals surface area contributed by atoms with E-state index < -0.39 is 21.4 Å². The Bertz CT molecular complexity index is 567. The van der Waals surface area contributed by atoms with Crippen LogP contribution in [-0.2, 0) is 21.2 Å². The zero-order valence-electron chi connectivity index (χ0n) is 11.1. The van der Waals surface area contributed by atoms with Crippen molar-refractivity contribution in [2.24, 2.45) is 5.41 Å². The first-order valence-electron chi connectivity index (χ1n) is 6.53. The number of pyridine rings is 1. The summed E-state index contributed by atoms with van der Waals surface area (Å²) in [6.45, 7) is -0.0129. The van der Waals surface area contributed by atoms with Crippen molar-refractivity contribution >= 4 is 16.0 Å². The van der Waals surface area contributed by atoms with E-state index in [2.05, 4.69) is 9.71 Å². The molecule has 1 aromatic heterocycles. The molecule has 0 bridgehead atoms. The van der Waals surface area contributed by atoms with Crippen molar-refractivity contribution < 1.29 is 18.3 Å². The fraction of sp³-hybridized carbons (Fsp3) is 0.538. The standard InChI is InChI=1S/C13H18N2O4S/c16-12(17)13(5-1-6-13)10-15-20(18,19)9-4-11-2-7-14-8-3-11/h2-3,7-8,15H,1,4-6,9-10H2,(H,16,17). The van der Waals surface area contributed by atoms with E-state index >= 15 is 0 Å². The number of carboxylic acids is 1. The van der Waals surface area contributed by atoms with E-state index in [0.717, 1.165) is 12.0 Å². The smallest absolute Gasteiger partial charge is 0.310 e. The molecule has 7 heteroatoms. The first-order valence-corrected chi connectivity index (χ1v) is 8.18. The molecule has 20 heavy (non-hydrogen) atoms. The van der Waals surface area contributed by atoms with E-state index in [-0.39, 0.29) is 12.3 Å². The van der Waals surface area contributed by atoms with E-state index in [1.54, 1.807) is 24.5 Å². The number of aromatic nitrogens is 1. The Hall–Kier alpha value is -1.47. The van der Waals surface area contributed by atoms with Gasteiger partial charge in [-0.3, -0.25) is 9.78 Å². The highest BCUT2D eigenvalue weighted by molar-refractivity contribution is 7.89. The molecule has 0 spiro atoms. The predicted molar refractivity (Wildman–Crippen MR) is 73.7 cm³/mol. The van der Waals surface area contributed by atoms with Crippen LogP contribution in [0, 0.1) is 5.41 Å². The van der Waals surface area contributed by atoms with Crippen molar-refractivity contribution in [3.63, 3.8) is 0 Å². The van der Waals surface area contributed by atoms with Crippen LogP contribution in [0.3, 0.4) is 0 Å². The van der Waals surface area contributed by atoms with Gasteiger partial charge in [-0.05, 0) is 37.0 Å². The third-order valence-corrected chi connectivity index (χ3v) is 5.13. The first-order chi connectivity index (χ1) is 9.44. The maximum absolute atomic E-state index is 11.9. The van der Waals surface area contributed by atoms with Crippen molar-refractivity contribution in [2.45, 2.75) is 25.7 Å². The average molecular weight is 298 g/mol. The number of carbonyl (C=O) groups is 1. The molecule has 2 N–H and O–H groups in total. The number of hydrogen-bond acceptors (Lipinski definition) is 4. The summed E-state index contributed by atoms with van der Waals surface area (Å²) >= 11 is 0. The molecular weight excluding hydrogens is 280 g/mol. The Kier molecular flexibility index (Phi) is 4.39. The molecule has 1 saturated carbocycles. The van der Waals surface area contributed by atoms with Crippen LogP contribution in [0.4, 0.5) is 0 Å². The largest absolute Gasteiger partial charge is 0.481 e. The second kappa shape index (κ2) is 5.88. The van der Waals surface area contributed by atoms with Gasteiger partial charge in [0.05, 0.1) is 11.2 Å². The van der Waals surface area contributed by atoms with Gasteiger partial charge >= 0.3 is 5.97 Å². The average Bonchev–Trinajstić information content (AvgIpc) is 2.36. The van der Waals surface area contributed by atoms with Crippen LogP contribution in [-0.4, -0.2) is 36.8 Å². The lowest BCUT2D eigenvalue weighted by atomic mass is 9.69. The number of aryl methyl sites for hydroxylation is 1. The van der Waals surface area contributed by atoms with Crippen molar-refractivity contribution in [3.05, 3.63) is 30.1 Å². The molecule has 0 unspecified atom stereocenters. The van der Waals surface area contributed by atoms with Crippen molar-refractivity contribution in [1.82, 2.24) is 9.71 Å². The van der Waals surface area contributed by atoms with Crippen molar-refractivity contribution in [2.75, 3.05) is 12.3 Å². The first kappa shape index (κ1) is 14.9. The molecule has 110 valence electrons. The molecule has 0 atom stereocenters. The minimum absolute atomic E-state index is 0.0129. The zero-order valence-corrected chi connectivity index (χ0v) is 11.9. The molecule has 6 nitrogen and oxygen atoms in total. The van der Waals surface area contributed by atoms with Gasteiger partial charge in [0.15, 0.2) is 0 Å². The second-order valence-corrected chi connectivity index (χ2v) is 7.11. The van der Waals surface area contributed by atoms with Crippen LogP contribution in [0.5, 0.6) is 0 Å². The number of nitrogens with one attached hydrogen (secondary N) is 1. The number of hydrogen-bond donors (Lipinski definition) is 2. The van der Waals surface area contributed by atoms with Crippen LogP contribution in [0.2, 0.25) is 0 Å². The maximum Gasteiger partial charge on any atom is 0.310 e. The fourth-order valence-electron chi connectivity index (χ4n) is 2.19. The predicted octanol–water partition coefficient (Wildman–Crippen LogP) is 0.798. The molecule has 0 radical (unpaired) electrons. The lowest BCUT2D eigenvalue weighted by molar-refractivity contribution is -0.153. The fourth-order valence-corrected chi connectivity index (χ4v) is 3.34. The summed E-state index contributed by atoms with van der Waals surface area (Å²) in [4.78, 5) is 15.0. The van der Waals surface area contributed by atoms with E-state index in [0.29, 0.717) is 19.3 Å². The highest BCUT2D eigenvalue weighted by Crippen LogP contribution is 2.40.